The van der Waals surface area contributed by atoms with E-state index in [2.05, 4.69) is 9.97 Å². The molecule has 0 saturated carbocycles. The maximum atomic E-state index is 5.61. The third-order valence-electron chi connectivity index (χ3n) is 2.14. The smallest absolute Gasteiger partial charge is 0.149 e. The predicted molar refractivity (Wildman–Crippen MR) is 85.7 cm³/mol. The zero-order chi connectivity index (χ0) is 13.2. The maximum Gasteiger partial charge on any atom is 0.149 e. The number of rotatable bonds is 10. The number of hydrogen-bond donors (Lipinski definition) is 0. The average Bonchev–Trinajstić information content (AvgIpc) is 3.10. The van der Waals surface area contributed by atoms with E-state index in [1.807, 2.05) is 46.7 Å². The van der Waals surface area contributed by atoms with Gasteiger partial charge in [0.15, 0.2) is 0 Å². The highest BCUT2D eigenvalue weighted by atomic mass is 32.2. The Morgan fingerprint density at radius 2 is 1.42 bits per heavy atom. The molecule has 0 amide bonds. The number of nitrogens with zero attached hydrogens (tertiary/aromatic N) is 2. The van der Waals surface area contributed by atoms with Gasteiger partial charge >= 0.3 is 0 Å². The molecule has 0 aliphatic rings. The van der Waals surface area contributed by atoms with Gasteiger partial charge in [-0.25, -0.2) is 9.97 Å². The van der Waals surface area contributed by atoms with Crippen molar-refractivity contribution in [2.24, 2.45) is 0 Å². The van der Waals surface area contributed by atoms with Crippen LogP contribution in [0.1, 0.15) is 12.8 Å². The molecule has 0 saturated heterocycles. The molecule has 2 aromatic heterocycles. The van der Waals surface area contributed by atoms with Crippen molar-refractivity contribution in [1.29, 1.82) is 0 Å². The van der Waals surface area contributed by atoms with E-state index >= 15 is 0 Å². The Balaban J connectivity index is 1.36. The van der Waals surface area contributed by atoms with E-state index in [1.165, 1.54) is 0 Å². The molecule has 0 aliphatic heterocycles. The average molecular weight is 333 g/mol. The minimum Gasteiger partial charge on any atom is -0.381 e. The van der Waals surface area contributed by atoms with Gasteiger partial charge in [-0.2, -0.15) is 0 Å². The quantitative estimate of drug-likeness (QED) is 0.479. The monoisotopic (exact) mass is 332 g/mol. The second-order valence-corrected chi connectivity index (χ2v) is 8.09. The summed E-state index contributed by atoms with van der Waals surface area (Å²) in [4.78, 5) is 8.46. The lowest BCUT2D eigenvalue weighted by molar-refractivity contribution is 0.137. The van der Waals surface area contributed by atoms with Crippen molar-refractivity contribution in [2.45, 2.75) is 21.5 Å². The van der Waals surface area contributed by atoms with Crippen LogP contribution in [0.5, 0.6) is 0 Å². The summed E-state index contributed by atoms with van der Waals surface area (Å²) in [5.41, 5.74) is 0. The minimum atomic E-state index is 0.848. The Hall–Kier alpha value is -0.0800. The van der Waals surface area contributed by atoms with Gasteiger partial charge in [0.2, 0.25) is 0 Å². The van der Waals surface area contributed by atoms with Crippen molar-refractivity contribution in [3.05, 3.63) is 23.2 Å². The Kier molecular flexibility index (Phi) is 7.87. The summed E-state index contributed by atoms with van der Waals surface area (Å²) in [6, 6.07) is 0. The third kappa shape index (κ3) is 6.76. The van der Waals surface area contributed by atoms with E-state index in [-0.39, 0.29) is 0 Å². The van der Waals surface area contributed by atoms with Crippen molar-refractivity contribution in [1.82, 2.24) is 9.97 Å². The van der Waals surface area contributed by atoms with Crippen LogP contribution in [0.3, 0.4) is 0 Å². The molecule has 0 bridgehead atoms. The molecule has 2 rings (SSSR count). The molecule has 2 aromatic rings. The van der Waals surface area contributed by atoms with E-state index in [4.69, 9.17) is 4.74 Å². The molecule has 0 aliphatic carbocycles. The number of aromatic nitrogens is 2. The normalized spacial score (nSPS) is 10.9. The van der Waals surface area contributed by atoms with E-state index in [0.717, 1.165) is 46.2 Å². The summed E-state index contributed by atoms with van der Waals surface area (Å²) in [5.74, 6) is 2.17. The molecule has 7 heteroatoms. The van der Waals surface area contributed by atoms with Crippen molar-refractivity contribution in [3.8, 4) is 0 Å². The largest absolute Gasteiger partial charge is 0.381 e. The first-order chi connectivity index (χ1) is 9.45. The van der Waals surface area contributed by atoms with Gasteiger partial charge in [0.1, 0.15) is 8.68 Å². The van der Waals surface area contributed by atoms with E-state index in [0.29, 0.717) is 0 Å². The van der Waals surface area contributed by atoms with Crippen molar-refractivity contribution < 1.29 is 4.74 Å². The van der Waals surface area contributed by atoms with Gasteiger partial charge in [0, 0.05) is 47.9 Å². The molecule has 0 N–H and O–H groups in total. The zero-order valence-corrected chi connectivity index (χ0v) is 13.8. The van der Waals surface area contributed by atoms with Gasteiger partial charge in [-0.15, -0.1) is 22.7 Å². The van der Waals surface area contributed by atoms with Crippen LogP contribution in [0, 0.1) is 0 Å². The van der Waals surface area contributed by atoms with Gasteiger partial charge in [0.05, 0.1) is 0 Å². The van der Waals surface area contributed by atoms with Crippen molar-refractivity contribution in [2.75, 3.05) is 24.7 Å². The molecule has 0 spiro atoms. The Bertz CT molecular complexity index is 379. The molecule has 104 valence electrons. The molecular formula is C12H16N2OS4. The van der Waals surface area contributed by atoms with Crippen molar-refractivity contribution in [3.63, 3.8) is 0 Å². The lowest BCUT2D eigenvalue weighted by atomic mass is 10.5. The van der Waals surface area contributed by atoms with E-state index < -0.39 is 0 Å². The summed E-state index contributed by atoms with van der Waals surface area (Å²) in [7, 11) is 0. The molecule has 19 heavy (non-hydrogen) atoms. The van der Waals surface area contributed by atoms with Gasteiger partial charge in [-0.1, -0.05) is 23.5 Å². The van der Waals surface area contributed by atoms with Gasteiger partial charge < -0.3 is 4.74 Å². The summed E-state index contributed by atoms with van der Waals surface area (Å²) in [5, 5.41) is 4.03. The van der Waals surface area contributed by atoms with Gasteiger partial charge in [0.25, 0.3) is 0 Å². The van der Waals surface area contributed by atoms with Crippen LogP contribution in [0.25, 0.3) is 0 Å². The number of thiazole rings is 2. The zero-order valence-electron chi connectivity index (χ0n) is 10.5. The fourth-order valence-electron chi connectivity index (χ4n) is 1.31. The SMILES string of the molecule is c1csc(SCCCOCCCSc2nccs2)n1. The van der Waals surface area contributed by atoms with Crippen LogP contribution in [-0.2, 0) is 4.74 Å². The maximum absolute atomic E-state index is 5.61. The van der Waals surface area contributed by atoms with Crippen LogP contribution in [0.15, 0.2) is 31.8 Å². The fourth-order valence-corrected chi connectivity index (χ4v) is 4.55. The summed E-state index contributed by atoms with van der Waals surface area (Å²) >= 11 is 7.02. The highest BCUT2D eigenvalue weighted by Crippen LogP contribution is 2.21. The first kappa shape index (κ1) is 15.3. The summed E-state index contributed by atoms with van der Waals surface area (Å²) in [6.07, 6.45) is 5.88. The van der Waals surface area contributed by atoms with Crippen LogP contribution < -0.4 is 0 Å². The molecule has 0 radical (unpaired) electrons. The van der Waals surface area contributed by atoms with E-state index in [9.17, 15) is 0 Å². The molecule has 2 heterocycles. The van der Waals surface area contributed by atoms with Gasteiger partial charge in [-0.05, 0) is 12.8 Å². The fraction of sp³-hybridized carbons (Fsp3) is 0.500. The first-order valence-electron chi connectivity index (χ1n) is 6.07. The highest BCUT2D eigenvalue weighted by molar-refractivity contribution is 8.01. The standard InChI is InChI=1S/C12H16N2OS4/c1(7-16-11-13-3-9-18-11)5-15-6-2-8-17-12-14-4-10-19-12/h3-4,9-10H,1-2,5-8H2. The second kappa shape index (κ2) is 9.77. The van der Waals surface area contributed by atoms with Crippen molar-refractivity contribution >= 4 is 46.2 Å². The van der Waals surface area contributed by atoms with Gasteiger partial charge in [-0.3, -0.25) is 0 Å². The molecule has 0 aromatic carbocycles. The minimum absolute atomic E-state index is 0.848. The molecular weight excluding hydrogens is 316 g/mol. The predicted octanol–water partition coefficient (Wildman–Crippen LogP) is 4.28. The number of hydrogen-bond acceptors (Lipinski definition) is 7. The number of thioether (sulfide) groups is 2. The molecule has 3 nitrogen and oxygen atoms in total. The topological polar surface area (TPSA) is 35.0 Å². The summed E-state index contributed by atoms with van der Waals surface area (Å²) < 4.78 is 7.92. The molecule has 0 atom stereocenters. The lowest BCUT2D eigenvalue weighted by Gasteiger charge is -2.03. The Morgan fingerprint density at radius 3 is 1.84 bits per heavy atom. The summed E-state index contributed by atoms with van der Waals surface area (Å²) in [6.45, 7) is 1.70. The van der Waals surface area contributed by atoms with Crippen LogP contribution in [0.2, 0.25) is 0 Å². The van der Waals surface area contributed by atoms with E-state index in [1.54, 1.807) is 22.7 Å². The molecule has 0 fully saturated rings. The molecule has 0 unspecified atom stereocenters. The Labute approximate surface area is 130 Å². The van der Waals surface area contributed by atoms with Crippen LogP contribution in [0.4, 0.5) is 0 Å². The Morgan fingerprint density at radius 1 is 0.895 bits per heavy atom. The second-order valence-electron chi connectivity index (χ2n) is 3.61. The lowest BCUT2D eigenvalue weighted by Crippen LogP contribution is -1.99. The first-order valence-corrected chi connectivity index (χ1v) is 9.80. The highest BCUT2D eigenvalue weighted by Gasteiger charge is 1.98. The van der Waals surface area contributed by atoms with Crippen LogP contribution >= 0.6 is 46.2 Å². The van der Waals surface area contributed by atoms with Crippen LogP contribution in [-0.4, -0.2) is 34.7 Å². The number of ether oxygens (including phenoxy) is 1. The third-order valence-corrected chi connectivity index (χ3v) is 6.24.